The summed E-state index contributed by atoms with van der Waals surface area (Å²) in [4.78, 5) is 23.6. The zero-order chi connectivity index (χ0) is 18.4. The maximum Gasteiger partial charge on any atom is 0.331 e. The van der Waals surface area contributed by atoms with Gasteiger partial charge in [0.25, 0.3) is 5.91 Å². The number of amides is 1. The van der Waals surface area contributed by atoms with Crippen molar-refractivity contribution in [1.29, 1.82) is 0 Å². The topological polar surface area (TPSA) is 116 Å². The molecule has 0 fully saturated rings. The number of hydrogen-bond acceptors (Lipinski definition) is 6. The van der Waals surface area contributed by atoms with Crippen LogP contribution in [0.2, 0.25) is 0 Å². The van der Waals surface area contributed by atoms with Crippen molar-refractivity contribution in [3.63, 3.8) is 0 Å². The second-order valence-corrected chi connectivity index (χ2v) is 7.37. The molecule has 1 aromatic heterocycles. The number of sulfonamides is 1. The highest BCUT2D eigenvalue weighted by Crippen LogP contribution is 2.13. The Hall–Kier alpha value is -2.49. The molecule has 1 amide bonds. The predicted molar refractivity (Wildman–Crippen MR) is 95.4 cm³/mol. The quantitative estimate of drug-likeness (QED) is 0.587. The van der Waals surface area contributed by atoms with Crippen molar-refractivity contribution in [2.45, 2.75) is 17.9 Å². The Labute approximate surface area is 149 Å². The molecule has 0 saturated carbocycles. The molecule has 2 aromatic rings. The lowest BCUT2D eigenvalue weighted by atomic mass is 10.3. The Bertz CT molecular complexity index is 872. The minimum absolute atomic E-state index is 0.0662. The normalized spacial score (nSPS) is 12.7. The lowest BCUT2D eigenvalue weighted by molar-refractivity contribution is -0.148. The number of carbonyl (C=O) groups excluding carboxylic acids is 2. The highest BCUT2D eigenvalue weighted by Gasteiger charge is 2.17. The molecule has 0 radical (unpaired) electrons. The molecule has 0 aliphatic rings. The SMILES string of the molecule is C[C@H](OC(=O)/C=C/c1ccsc1)C(=O)Nc1ccc(S(N)(=O)=O)cc1. The standard InChI is InChI=1S/C16H16N2O5S2/c1-11(23-15(19)7-2-12-8-9-24-10-12)16(20)18-13-3-5-14(6-4-13)25(17,21)22/h2-11H,1H3,(H,18,20)(H2,17,21,22)/b7-2+/t11-/m0/s1. The van der Waals surface area contributed by atoms with E-state index in [4.69, 9.17) is 9.88 Å². The monoisotopic (exact) mass is 380 g/mol. The van der Waals surface area contributed by atoms with Gasteiger partial charge in [-0.05, 0) is 59.7 Å². The van der Waals surface area contributed by atoms with Gasteiger partial charge in [-0.15, -0.1) is 0 Å². The minimum Gasteiger partial charge on any atom is -0.449 e. The van der Waals surface area contributed by atoms with Crippen molar-refractivity contribution >= 4 is 45.0 Å². The van der Waals surface area contributed by atoms with Crippen LogP contribution in [-0.4, -0.2) is 26.4 Å². The number of anilines is 1. The van der Waals surface area contributed by atoms with E-state index in [-0.39, 0.29) is 4.90 Å². The van der Waals surface area contributed by atoms with Gasteiger partial charge in [-0.1, -0.05) is 0 Å². The van der Waals surface area contributed by atoms with Crippen molar-refractivity contribution in [3.8, 4) is 0 Å². The number of thiophene rings is 1. The van der Waals surface area contributed by atoms with E-state index in [1.165, 1.54) is 48.6 Å². The smallest absolute Gasteiger partial charge is 0.331 e. The van der Waals surface area contributed by atoms with Crippen LogP contribution in [-0.2, 0) is 24.3 Å². The Morgan fingerprint density at radius 2 is 1.92 bits per heavy atom. The molecule has 132 valence electrons. The molecule has 7 nitrogen and oxygen atoms in total. The molecule has 2 rings (SSSR count). The van der Waals surface area contributed by atoms with Crippen LogP contribution in [0.3, 0.4) is 0 Å². The van der Waals surface area contributed by atoms with Crippen LogP contribution in [0.5, 0.6) is 0 Å². The summed E-state index contributed by atoms with van der Waals surface area (Å²) in [7, 11) is -3.79. The first-order valence-electron chi connectivity index (χ1n) is 7.10. The van der Waals surface area contributed by atoms with Crippen LogP contribution in [0, 0.1) is 0 Å². The first-order valence-corrected chi connectivity index (χ1v) is 9.59. The van der Waals surface area contributed by atoms with Crippen molar-refractivity contribution in [2.24, 2.45) is 5.14 Å². The fraction of sp³-hybridized carbons (Fsp3) is 0.125. The van der Waals surface area contributed by atoms with E-state index in [0.717, 1.165) is 5.56 Å². The molecular formula is C16H16N2O5S2. The number of esters is 1. The van der Waals surface area contributed by atoms with E-state index in [0.29, 0.717) is 5.69 Å². The molecule has 9 heteroatoms. The van der Waals surface area contributed by atoms with Crippen LogP contribution in [0.1, 0.15) is 12.5 Å². The fourth-order valence-electron chi connectivity index (χ4n) is 1.77. The summed E-state index contributed by atoms with van der Waals surface area (Å²) in [5, 5.41) is 11.3. The molecular weight excluding hydrogens is 364 g/mol. The first kappa shape index (κ1) is 18.8. The number of rotatable bonds is 6. The average Bonchev–Trinajstić information content (AvgIpc) is 3.06. The van der Waals surface area contributed by atoms with Gasteiger partial charge in [0, 0.05) is 11.8 Å². The van der Waals surface area contributed by atoms with E-state index in [2.05, 4.69) is 5.32 Å². The summed E-state index contributed by atoms with van der Waals surface area (Å²) in [6.07, 6.45) is 1.82. The first-order chi connectivity index (χ1) is 11.8. The van der Waals surface area contributed by atoms with E-state index in [9.17, 15) is 18.0 Å². The summed E-state index contributed by atoms with van der Waals surface area (Å²) in [6.45, 7) is 1.43. The summed E-state index contributed by atoms with van der Waals surface area (Å²) < 4.78 is 27.3. The number of nitrogens with one attached hydrogen (secondary N) is 1. The van der Waals surface area contributed by atoms with Gasteiger partial charge >= 0.3 is 5.97 Å². The molecule has 0 unspecified atom stereocenters. The largest absolute Gasteiger partial charge is 0.449 e. The Morgan fingerprint density at radius 1 is 1.24 bits per heavy atom. The van der Waals surface area contributed by atoms with E-state index in [1.54, 1.807) is 6.08 Å². The highest BCUT2D eigenvalue weighted by molar-refractivity contribution is 7.89. The third kappa shape index (κ3) is 5.82. The van der Waals surface area contributed by atoms with Gasteiger partial charge in [-0.2, -0.15) is 11.3 Å². The van der Waals surface area contributed by atoms with Gasteiger partial charge in [0.2, 0.25) is 10.0 Å². The van der Waals surface area contributed by atoms with Gasteiger partial charge in [0.05, 0.1) is 4.90 Å². The molecule has 1 atom stereocenters. The molecule has 3 N–H and O–H groups in total. The number of primary sulfonamides is 1. The van der Waals surface area contributed by atoms with Crippen molar-refractivity contribution in [1.82, 2.24) is 0 Å². The van der Waals surface area contributed by atoms with Crippen LogP contribution >= 0.6 is 11.3 Å². The molecule has 0 spiro atoms. The van der Waals surface area contributed by atoms with Crippen molar-refractivity contribution in [3.05, 3.63) is 52.7 Å². The van der Waals surface area contributed by atoms with Crippen LogP contribution in [0.15, 0.2) is 52.1 Å². The number of carbonyl (C=O) groups is 2. The molecule has 1 aromatic carbocycles. The highest BCUT2D eigenvalue weighted by atomic mass is 32.2. The zero-order valence-corrected chi connectivity index (χ0v) is 14.8. The predicted octanol–water partition coefficient (Wildman–Crippen LogP) is 1.98. The van der Waals surface area contributed by atoms with Gasteiger partial charge in [-0.25, -0.2) is 18.4 Å². The summed E-state index contributed by atoms with van der Waals surface area (Å²) in [5.41, 5.74) is 1.23. The number of benzene rings is 1. The molecule has 1 heterocycles. The van der Waals surface area contributed by atoms with Gasteiger partial charge < -0.3 is 10.1 Å². The number of nitrogens with two attached hydrogens (primary N) is 1. The summed E-state index contributed by atoms with van der Waals surface area (Å²) in [5.74, 6) is -1.18. The molecule has 25 heavy (non-hydrogen) atoms. The van der Waals surface area contributed by atoms with Gasteiger partial charge in [0.1, 0.15) is 0 Å². The minimum atomic E-state index is -3.79. The Balaban J connectivity index is 1.90. The second kappa shape index (κ2) is 8.06. The third-order valence-corrected chi connectivity index (χ3v) is 4.70. The van der Waals surface area contributed by atoms with Crippen LogP contribution < -0.4 is 10.5 Å². The lowest BCUT2D eigenvalue weighted by Crippen LogP contribution is -2.29. The zero-order valence-electron chi connectivity index (χ0n) is 13.2. The van der Waals surface area contributed by atoms with Crippen LogP contribution in [0.4, 0.5) is 5.69 Å². The third-order valence-electron chi connectivity index (χ3n) is 3.07. The fourth-order valence-corrected chi connectivity index (χ4v) is 2.92. The molecule has 0 aliphatic heterocycles. The van der Waals surface area contributed by atoms with Crippen molar-refractivity contribution in [2.75, 3.05) is 5.32 Å². The summed E-state index contributed by atoms with van der Waals surface area (Å²) in [6, 6.07) is 7.16. The average molecular weight is 380 g/mol. The van der Waals surface area contributed by atoms with Crippen LogP contribution in [0.25, 0.3) is 6.08 Å². The number of hydrogen-bond donors (Lipinski definition) is 2. The Kier molecular flexibility index (Phi) is 6.07. The van der Waals surface area contributed by atoms with Gasteiger partial charge in [0.15, 0.2) is 6.10 Å². The molecule has 0 saturated heterocycles. The molecule has 0 aliphatic carbocycles. The summed E-state index contributed by atoms with van der Waals surface area (Å²) >= 11 is 1.50. The molecule has 0 bridgehead atoms. The maximum atomic E-state index is 12.0. The Morgan fingerprint density at radius 3 is 2.48 bits per heavy atom. The van der Waals surface area contributed by atoms with Crippen molar-refractivity contribution < 1.29 is 22.7 Å². The number of ether oxygens (including phenoxy) is 1. The second-order valence-electron chi connectivity index (χ2n) is 5.03. The maximum absolute atomic E-state index is 12.0. The van der Waals surface area contributed by atoms with E-state index < -0.39 is 28.0 Å². The van der Waals surface area contributed by atoms with E-state index >= 15 is 0 Å². The van der Waals surface area contributed by atoms with Gasteiger partial charge in [-0.3, -0.25) is 4.79 Å². The lowest BCUT2D eigenvalue weighted by Gasteiger charge is -2.12. The van der Waals surface area contributed by atoms with E-state index in [1.807, 2.05) is 16.8 Å².